The zero-order chi connectivity index (χ0) is 26.9. The number of hydrogen-bond acceptors (Lipinski definition) is 3. The number of ether oxygens (including phenoxy) is 2. The minimum Gasteiger partial charge on any atom is -0.455 e. The molecule has 2 aromatic rings. The Bertz CT molecular complexity index is 880. The molecule has 206 valence electrons. The fourth-order valence-electron chi connectivity index (χ4n) is 4.75. The average Bonchev–Trinajstić information content (AvgIpc) is 2.87. The van der Waals surface area contributed by atoms with Crippen molar-refractivity contribution >= 4 is 5.97 Å². The van der Waals surface area contributed by atoms with E-state index < -0.39 is 6.29 Å². The zero-order valence-electron chi connectivity index (χ0n) is 24.2. The first kappa shape index (κ1) is 30.9. The second-order valence-corrected chi connectivity index (χ2v) is 11.3. The molecule has 0 radical (unpaired) electrons. The van der Waals surface area contributed by atoms with E-state index in [4.69, 9.17) is 9.47 Å². The van der Waals surface area contributed by atoms with E-state index in [1.807, 2.05) is 32.0 Å². The third kappa shape index (κ3) is 13.2. The highest BCUT2D eigenvalue weighted by Gasteiger charge is 2.23. The van der Waals surface area contributed by atoms with E-state index in [0.29, 0.717) is 0 Å². The Morgan fingerprint density at radius 2 is 1.41 bits per heavy atom. The first-order valence-corrected chi connectivity index (χ1v) is 14.6. The first-order valence-electron chi connectivity index (χ1n) is 14.6. The molecule has 0 fully saturated rings. The summed E-state index contributed by atoms with van der Waals surface area (Å²) in [5, 5.41) is 0. The summed E-state index contributed by atoms with van der Waals surface area (Å²) in [6.07, 6.45) is 13.0. The van der Waals surface area contributed by atoms with Crippen LogP contribution in [0.5, 0.6) is 5.75 Å². The highest BCUT2D eigenvalue weighted by molar-refractivity contribution is 5.72. The van der Waals surface area contributed by atoms with E-state index in [0.717, 1.165) is 42.6 Å². The topological polar surface area (TPSA) is 35.5 Å². The quantitative estimate of drug-likeness (QED) is 0.0824. The molecule has 2 rings (SSSR count). The predicted octanol–water partition coefficient (Wildman–Crippen LogP) is 8.33. The van der Waals surface area contributed by atoms with Gasteiger partial charge < -0.3 is 14.0 Å². The van der Waals surface area contributed by atoms with E-state index in [1.165, 1.54) is 62.5 Å². The van der Waals surface area contributed by atoms with Crippen molar-refractivity contribution in [1.82, 2.24) is 0 Å². The van der Waals surface area contributed by atoms with Crippen LogP contribution in [0.4, 0.5) is 0 Å². The molecular weight excluding hydrogens is 458 g/mol. The lowest BCUT2D eigenvalue weighted by Crippen LogP contribution is -2.41. The maximum atomic E-state index is 12.7. The molecule has 0 spiro atoms. The van der Waals surface area contributed by atoms with Crippen molar-refractivity contribution in [2.75, 3.05) is 20.6 Å². The number of hydrogen-bond donors (Lipinski definition) is 0. The Morgan fingerprint density at radius 3 is 2.08 bits per heavy atom. The SMILES string of the molecule is CCCCCCCCCCCc1ccccc1OC(C)OC(=O)C(C)CC[N+](C)(C)Cc1ccccc1. The van der Waals surface area contributed by atoms with Crippen LogP contribution in [-0.4, -0.2) is 37.4 Å². The Morgan fingerprint density at radius 1 is 0.811 bits per heavy atom. The van der Waals surface area contributed by atoms with Gasteiger partial charge in [-0.1, -0.05) is 114 Å². The summed E-state index contributed by atoms with van der Waals surface area (Å²) in [4.78, 5) is 12.7. The van der Waals surface area contributed by atoms with Crippen molar-refractivity contribution in [3.63, 3.8) is 0 Å². The molecule has 2 aromatic carbocycles. The molecule has 4 heteroatoms. The van der Waals surface area contributed by atoms with Crippen molar-refractivity contribution in [1.29, 1.82) is 0 Å². The molecule has 0 aromatic heterocycles. The number of unbranched alkanes of at least 4 members (excludes halogenated alkanes) is 8. The normalized spacial score (nSPS) is 13.2. The fourth-order valence-corrected chi connectivity index (χ4v) is 4.75. The summed E-state index contributed by atoms with van der Waals surface area (Å²) >= 11 is 0. The largest absolute Gasteiger partial charge is 0.455 e. The van der Waals surface area contributed by atoms with Gasteiger partial charge in [-0.3, -0.25) is 4.79 Å². The fraction of sp³-hybridized carbons (Fsp3) is 0.606. The monoisotopic (exact) mass is 510 g/mol. The van der Waals surface area contributed by atoms with E-state index in [2.05, 4.69) is 57.4 Å². The number of quaternary nitrogens is 1. The van der Waals surface area contributed by atoms with E-state index in [9.17, 15) is 4.79 Å². The number of rotatable bonds is 19. The third-order valence-electron chi connectivity index (χ3n) is 7.12. The van der Waals surface area contributed by atoms with Crippen molar-refractivity contribution in [3.05, 3.63) is 65.7 Å². The lowest BCUT2D eigenvalue weighted by atomic mass is 10.0. The summed E-state index contributed by atoms with van der Waals surface area (Å²) in [5.74, 6) is 0.468. The minimum atomic E-state index is -0.606. The summed E-state index contributed by atoms with van der Waals surface area (Å²) in [6.45, 7) is 7.88. The minimum absolute atomic E-state index is 0.170. The van der Waals surface area contributed by atoms with Gasteiger partial charge in [0.1, 0.15) is 12.3 Å². The first-order chi connectivity index (χ1) is 17.8. The Balaban J connectivity index is 1.71. The maximum Gasteiger partial charge on any atom is 0.311 e. The van der Waals surface area contributed by atoms with Crippen LogP contribution in [0.25, 0.3) is 0 Å². The highest BCUT2D eigenvalue weighted by atomic mass is 16.7. The number of esters is 1. The molecule has 0 heterocycles. The van der Waals surface area contributed by atoms with Crippen LogP contribution in [0, 0.1) is 5.92 Å². The molecule has 0 aliphatic rings. The zero-order valence-corrected chi connectivity index (χ0v) is 24.2. The maximum absolute atomic E-state index is 12.7. The molecule has 37 heavy (non-hydrogen) atoms. The van der Waals surface area contributed by atoms with Crippen LogP contribution in [0.2, 0.25) is 0 Å². The Kier molecular flexibility index (Phi) is 14.4. The van der Waals surface area contributed by atoms with Gasteiger partial charge in [-0.25, -0.2) is 0 Å². The summed E-state index contributed by atoms with van der Waals surface area (Å²) < 4.78 is 12.6. The van der Waals surface area contributed by atoms with Crippen LogP contribution < -0.4 is 4.74 Å². The number of benzene rings is 2. The van der Waals surface area contributed by atoms with Gasteiger partial charge in [-0.05, 0) is 24.5 Å². The van der Waals surface area contributed by atoms with Gasteiger partial charge in [0.05, 0.1) is 26.6 Å². The van der Waals surface area contributed by atoms with Crippen LogP contribution in [0.1, 0.15) is 96.1 Å². The summed E-state index contributed by atoms with van der Waals surface area (Å²) in [6, 6.07) is 18.7. The summed E-state index contributed by atoms with van der Waals surface area (Å²) in [7, 11) is 4.42. The van der Waals surface area contributed by atoms with Gasteiger partial charge in [-0.15, -0.1) is 0 Å². The molecule has 4 nitrogen and oxygen atoms in total. The molecular formula is C33H52NO3+. The van der Waals surface area contributed by atoms with E-state index >= 15 is 0 Å². The number of para-hydroxylation sites is 1. The molecule has 0 saturated carbocycles. The van der Waals surface area contributed by atoms with Crippen molar-refractivity contribution < 1.29 is 18.8 Å². The molecule has 0 amide bonds. The lowest BCUT2D eigenvalue weighted by Gasteiger charge is -2.31. The second kappa shape index (κ2) is 17.2. The number of carbonyl (C=O) groups excluding carboxylic acids is 1. The van der Waals surface area contributed by atoms with E-state index in [-0.39, 0.29) is 11.9 Å². The van der Waals surface area contributed by atoms with Gasteiger partial charge in [0.2, 0.25) is 6.29 Å². The van der Waals surface area contributed by atoms with Gasteiger partial charge >= 0.3 is 5.97 Å². The van der Waals surface area contributed by atoms with Crippen LogP contribution in [0.15, 0.2) is 54.6 Å². The lowest BCUT2D eigenvalue weighted by molar-refractivity contribution is -0.904. The molecule has 2 atom stereocenters. The van der Waals surface area contributed by atoms with Gasteiger partial charge in [0, 0.05) is 18.9 Å². The summed E-state index contributed by atoms with van der Waals surface area (Å²) in [5.41, 5.74) is 2.51. The molecule has 0 bridgehead atoms. The van der Waals surface area contributed by atoms with Gasteiger partial charge in [0.25, 0.3) is 0 Å². The highest BCUT2D eigenvalue weighted by Crippen LogP contribution is 2.23. The molecule has 0 aliphatic carbocycles. The number of carbonyl (C=O) groups is 1. The Labute approximate surface area is 227 Å². The van der Waals surface area contributed by atoms with Gasteiger partial charge in [-0.2, -0.15) is 0 Å². The van der Waals surface area contributed by atoms with Crippen LogP contribution in [-0.2, 0) is 22.5 Å². The van der Waals surface area contributed by atoms with Crippen molar-refractivity contribution in [3.8, 4) is 5.75 Å². The standard InChI is InChI=1S/C33H52NO3/c1-6-7-8-9-10-11-12-13-17-22-31-23-18-19-24-32(31)36-29(3)37-33(35)28(2)25-26-34(4,5)27-30-20-15-14-16-21-30/h14-16,18-21,23-24,28-29H,6-13,17,22,25-27H2,1-5H3/q+1. The van der Waals surface area contributed by atoms with Crippen LogP contribution >= 0.6 is 0 Å². The van der Waals surface area contributed by atoms with E-state index in [1.54, 1.807) is 0 Å². The second-order valence-electron chi connectivity index (χ2n) is 11.3. The predicted molar refractivity (Wildman–Crippen MR) is 154 cm³/mol. The smallest absolute Gasteiger partial charge is 0.311 e. The molecule has 2 unspecified atom stereocenters. The van der Waals surface area contributed by atoms with Crippen molar-refractivity contribution in [2.24, 2.45) is 5.92 Å². The molecule has 0 N–H and O–H groups in total. The third-order valence-corrected chi connectivity index (χ3v) is 7.12. The van der Waals surface area contributed by atoms with Crippen LogP contribution in [0.3, 0.4) is 0 Å². The van der Waals surface area contributed by atoms with Gasteiger partial charge in [0.15, 0.2) is 0 Å². The number of aryl methyl sites for hydroxylation is 1. The molecule has 0 aliphatic heterocycles. The number of nitrogens with zero attached hydrogens (tertiary/aromatic N) is 1. The average molecular weight is 511 g/mol. The molecule has 0 saturated heterocycles. The Hall–Kier alpha value is -2.33. The van der Waals surface area contributed by atoms with Crippen molar-refractivity contribution in [2.45, 2.75) is 104 Å².